The number of nitrogens with one attached hydrogen (secondary N) is 1. The predicted molar refractivity (Wildman–Crippen MR) is 81.5 cm³/mol. The summed E-state index contributed by atoms with van der Waals surface area (Å²) < 4.78 is 0. The number of amides is 1. The van der Waals surface area contributed by atoms with Crippen molar-refractivity contribution in [3.05, 3.63) is 29.8 Å². The van der Waals surface area contributed by atoms with Gasteiger partial charge in [-0.25, -0.2) is 0 Å². The molecule has 0 radical (unpaired) electrons. The fourth-order valence-electron chi connectivity index (χ4n) is 2.17. The van der Waals surface area contributed by atoms with E-state index in [4.69, 9.17) is 12.2 Å². The largest absolute Gasteiger partial charge is 0.508 e. The molecule has 1 aromatic rings. The van der Waals surface area contributed by atoms with Crippen LogP contribution < -0.4 is 5.32 Å². The summed E-state index contributed by atoms with van der Waals surface area (Å²) in [6.45, 7) is 1.54. The summed E-state index contributed by atoms with van der Waals surface area (Å²) in [5, 5.41) is 12.8. The number of benzene rings is 1. The third-order valence-electron chi connectivity index (χ3n) is 3.24. The Balaban J connectivity index is 2.03. The molecule has 0 unspecified atom stereocenters. The first-order chi connectivity index (χ1) is 9.49. The molecule has 1 aliphatic heterocycles. The first kappa shape index (κ1) is 14.7. The van der Waals surface area contributed by atoms with E-state index in [0.717, 1.165) is 18.5 Å². The van der Waals surface area contributed by atoms with Crippen LogP contribution in [-0.4, -0.2) is 53.1 Å². The molecular formula is C14H19N3O2S. The fraction of sp³-hybridized carbons (Fsp3) is 0.429. The van der Waals surface area contributed by atoms with Gasteiger partial charge in [0, 0.05) is 6.54 Å². The quantitative estimate of drug-likeness (QED) is 0.796. The lowest BCUT2D eigenvalue weighted by Gasteiger charge is -2.16. The number of thiocarbonyl (C=S) groups is 1. The van der Waals surface area contributed by atoms with Crippen LogP contribution in [0.15, 0.2) is 24.3 Å². The third-order valence-corrected chi connectivity index (χ3v) is 3.58. The molecule has 0 aliphatic carbocycles. The summed E-state index contributed by atoms with van der Waals surface area (Å²) in [6.07, 6.45) is 0.878. The van der Waals surface area contributed by atoms with Crippen molar-refractivity contribution in [2.45, 2.75) is 12.5 Å². The molecule has 2 rings (SSSR count). The average Bonchev–Trinajstić information content (AvgIpc) is 2.67. The minimum Gasteiger partial charge on any atom is -0.508 e. The van der Waals surface area contributed by atoms with Crippen LogP contribution >= 0.6 is 12.2 Å². The molecule has 1 aliphatic rings. The zero-order chi connectivity index (χ0) is 14.7. The molecule has 0 spiro atoms. The van der Waals surface area contributed by atoms with E-state index < -0.39 is 6.04 Å². The van der Waals surface area contributed by atoms with Crippen LogP contribution in [0.1, 0.15) is 18.0 Å². The van der Waals surface area contributed by atoms with E-state index in [1.807, 2.05) is 14.1 Å². The molecule has 20 heavy (non-hydrogen) atoms. The number of carbonyl (C=O) groups is 1. The number of nitrogens with zero attached hydrogens (tertiary/aromatic N) is 2. The SMILES string of the molecule is CN(C)CCCN1C(=O)[C@H](c2ccc(O)cc2)NC1=S. The number of phenolic OH excluding ortho intramolecular Hbond substituents is 1. The fourth-order valence-corrected chi connectivity index (χ4v) is 2.47. The van der Waals surface area contributed by atoms with Gasteiger partial charge in [-0.1, -0.05) is 12.1 Å². The van der Waals surface area contributed by atoms with Crippen molar-refractivity contribution in [1.29, 1.82) is 0 Å². The lowest BCUT2D eigenvalue weighted by Crippen LogP contribution is -2.33. The second-order valence-electron chi connectivity index (χ2n) is 5.12. The van der Waals surface area contributed by atoms with E-state index in [1.54, 1.807) is 29.2 Å². The first-order valence-electron chi connectivity index (χ1n) is 6.54. The lowest BCUT2D eigenvalue weighted by atomic mass is 10.1. The Morgan fingerprint density at radius 2 is 2.00 bits per heavy atom. The Bertz CT molecular complexity index is 502. The zero-order valence-corrected chi connectivity index (χ0v) is 12.5. The van der Waals surface area contributed by atoms with Crippen molar-refractivity contribution in [3.63, 3.8) is 0 Å². The Labute approximate surface area is 124 Å². The van der Waals surface area contributed by atoms with Gasteiger partial charge in [-0.3, -0.25) is 9.69 Å². The smallest absolute Gasteiger partial charge is 0.255 e. The molecule has 0 aromatic heterocycles. The van der Waals surface area contributed by atoms with Crippen molar-refractivity contribution in [2.75, 3.05) is 27.2 Å². The van der Waals surface area contributed by atoms with Crippen molar-refractivity contribution in [1.82, 2.24) is 15.1 Å². The van der Waals surface area contributed by atoms with E-state index in [1.165, 1.54) is 0 Å². The van der Waals surface area contributed by atoms with Crippen LogP contribution in [0.4, 0.5) is 0 Å². The molecule has 5 nitrogen and oxygen atoms in total. The molecule has 108 valence electrons. The summed E-state index contributed by atoms with van der Waals surface area (Å²) in [6, 6.07) is 6.17. The van der Waals surface area contributed by atoms with Crippen LogP contribution in [0.3, 0.4) is 0 Å². The summed E-state index contributed by atoms with van der Waals surface area (Å²) in [4.78, 5) is 16.1. The van der Waals surface area contributed by atoms with Crippen LogP contribution in [-0.2, 0) is 4.79 Å². The van der Waals surface area contributed by atoms with E-state index in [2.05, 4.69) is 10.2 Å². The molecule has 1 amide bonds. The van der Waals surface area contributed by atoms with E-state index in [-0.39, 0.29) is 11.7 Å². The Hall–Kier alpha value is -1.66. The van der Waals surface area contributed by atoms with Gasteiger partial charge in [0.15, 0.2) is 5.11 Å². The highest BCUT2D eigenvalue weighted by atomic mass is 32.1. The van der Waals surface area contributed by atoms with Crippen LogP contribution in [0, 0.1) is 0 Å². The van der Waals surface area contributed by atoms with Gasteiger partial charge in [-0.05, 0) is 57.0 Å². The molecular weight excluding hydrogens is 274 g/mol. The number of phenols is 1. The second kappa shape index (κ2) is 6.19. The van der Waals surface area contributed by atoms with E-state index >= 15 is 0 Å². The van der Waals surface area contributed by atoms with Gasteiger partial charge >= 0.3 is 0 Å². The maximum atomic E-state index is 12.4. The van der Waals surface area contributed by atoms with Gasteiger partial charge in [-0.2, -0.15) is 0 Å². The summed E-state index contributed by atoms with van der Waals surface area (Å²) in [5.41, 5.74) is 0.810. The van der Waals surface area contributed by atoms with Crippen molar-refractivity contribution in [2.24, 2.45) is 0 Å². The highest BCUT2D eigenvalue weighted by Crippen LogP contribution is 2.23. The number of hydrogen-bond donors (Lipinski definition) is 2. The normalized spacial score (nSPS) is 18.8. The molecule has 1 fully saturated rings. The topological polar surface area (TPSA) is 55.8 Å². The standard InChI is InChI=1S/C14H19N3O2S/c1-16(2)8-3-9-17-13(19)12(15-14(17)20)10-4-6-11(18)7-5-10/h4-7,12,18H,3,8-9H2,1-2H3,(H,15,20)/t12-/m0/s1. The maximum absolute atomic E-state index is 12.4. The predicted octanol–water partition coefficient (Wildman–Crippen LogP) is 1.10. The molecule has 1 atom stereocenters. The molecule has 0 saturated carbocycles. The Morgan fingerprint density at radius 3 is 2.60 bits per heavy atom. The van der Waals surface area contributed by atoms with Gasteiger partial charge in [0.05, 0.1) is 0 Å². The number of hydrogen-bond acceptors (Lipinski definition) is 4. The maximum Gasteiger partial charge on any atom is 0.255 e. The van der Waals surface area contributed by atoms with Crippen molar-refractivity contribution < 1.29 is 9.90 Å². The summed E-state index contributed by atoms with van der Waals surface area (Å²) in [7, 11) is 4.00. The molecule has 1 saturated heterocycles. The van der Waals surface area contributed by atoms with E-state index in [9.17, 15) is 9.90 Å². The van der Waals surface area contributed by atoms with Crippen molar-refractivity contribution in [3.8, 4) is 5.75 Å². The second-order valence-corrected chi connectivity index (χ2v) is 5.51. The van der Waals surface area contributed by atoms with Crippen molar-refractivity contribution >= 4 is 23.2 Å². The summed E-state index contributed by atoms with van der Waals surface area (Å²) >= 11 is 5.23. The number of rotatable bonds is 5. The highest BCUT2D eigenvalue weighted by molar-refractivity contribution is 7.80. The van der Waals surface area contributed by atoms with Crippen LogP contribution in [0.2, 0.25) is 0 Å². The van der Waals surface area contributed by atoms with Gasteiger partial charge in [0.1, 0.15) is 11.8 Å². The number of aromatic hydroxyl groups is 1. The molecule has 1 heterocycles. The van der Waals surface area contributed by atoms with Gasteiger partial charge in [0.2, 0.25) is 0 Å². The van der Waals surface area contributed by atoms with Gasteiger partial charge in [0.25, 0.3) is 5.91 Å². The third kappa shape index (κ3) is 3.26. The first-order valence-corrected chi connectivity index (χ1v) is 6.95. The number of carbonyl (C=O) groups excluding carboxylic acids is 1. The van der Waals surface area contributed by atoms with Crippen LogP contribution in [0.5, 0.6) is 5.75 Å². The lowest BCUT2D eigenvalue weighted by molar-refractivity contribution is -0.127. The Morgan fingerprint density at radius 1 is 1.35 bits per heavy atom. The van der Waals surface area contributed by atoms with E-state index in [0.29, 0.717) is 11.7 Å². The van der Waals surface area contributed by atoms with Crippen LogP contribution in [0.25, 0.3) is 0 Å². The Kier molecular flexibility index (Phi) is 4.57. The van der Waals surface area contributed by atoms with Gasteiger partial charge in [-0.15, -0.1) is 0 Å². The molecule has 1 aromatic carbocycles. The summed E-state index contributed by atoms with van der Waals surface area (Å²) in [5.74, 6) is 0.157. The minimum absolute atomic E-state index is 0.0283. The zero-order valence-electron chi connectivity index (χ0n) is 11.7. The minimum atomic E-state index is -0.442. The average molecular weight is 293 g/mol. The van der Waals surface area contributed by atoms with Gasteiger partial charge < -0.3 is 15.3 Å². The monoisotopic (exact) mass is 293 g/mol. The molecule has 0 bridgehead atoms. The molecule has 6 heteroatoms. The highest BCUT2D eigenvalue weighted by Gasteiger charge is 2.35. The molecule has 2 N–H and O–H groups in total.